The standard InChI is InChI=1S/C15H19N5/c1-20-15(17-8-18-20)14(19-16)13-11-7-6-9-4-2-3-5-10(9)12(11)13/h2-5,8,11-14,19H,6-7,16H2,1H3. The SMILES string of the molecule is Cn1ncnc1C(NN)C1C2CCc3ccccc3C21. The number of benzene rings is 1. The number of aromatic nitrogens is 3. The van der Waals surface area contributed by atoms with Crippen LogP contribution in [0.25, 0.3) is 0 Å². The number of nitrogens with one attached hydrogen (secondary N) is 1. The molecule has 0 aliphatic heterocycles. The molecular weight excluding hydrogens is 250 g/mol. The van der Waals surface area contributed by atoms with Gasteiger partial charge in [0.05, 0.1) is 6.04 Å². The van der Waals surface area contributed by atoms with Crippen molar-refractivity contribution in [2.24, 2.45) is 24.7 Å². The Morgan fingerprint density at radius 2 is 2.25 bits per heavy atom. The number of nitrogens with zero attached hydrogens (tertiary/aromatic N) is 3. The van der Waals surface area contributed by atoms with E-state index in [1.807, 2.05) is 11.7 Å². The smallest absolute Gasteiger partial charge is 0.145 e. The van der Waals surface area contributed by atoms with Crippen molar-refractivity contribution in [2.45, 2.75) is 24.8 Å². The highest BCUT2D eigenvalue weighted by Gasteiger charge is 2.57. The molecule has 1 saturated carbocycles. The molecular formula is C15H19N5. The van der Waals surface area contributed by atoms with Crippen molar-refractivity contribution in [1.29, 1.82) is 0 Å². The third kappa shape index (κ3) is 1.63. The lowest BCUT2D eigenvalue weighted by Gasteiger charge is -2.15. The Morgan fingerprint density at radius 1 is 1.40 bits per heavy atom. The molecule has 20 heavy (non-hydrogen) atoms. The lowest BCUT2D eigenvalue weighted by atomic mass is 9.92. The van der Waals surface area contributed by atoms with E-state index >= 15 is 0 Å². The summed E-state index contributed by atoms with van der Waals surface area (Å²) in [6.07, 6.45) is 4.03. The summed E-state index contributed by atoms with van der Waals surface area (Å²) >= 11 is 0. The first-order valence-electron chi connectivity index (χ1n) is 7.19. The molecule has 3 N–H and O–H groups in total. The summed E-state index contributed by atoms with van der Waals surface area (Å²) in [5, 5.41) is 4.17. The van der Waals surface area contributed by atoms with Crippen LogP contribution in [-0.2, 0) is 13.5 Å². The van der Waals surface area contributed by atoms with E-state index in [0.717, 1.165) is 11.7 Å². The zero-order chi connectivity index (χ0) is 13.7. The Kier molecular flexibility index (Phi) is 2.65. The van der Waals surface area contributed by atoms with Crippen LogP contribution in [0.1, 0.15) is 35.3 Å². The van der Waals surface area contributed by atoms with Crippen LogP contribution >= 0.6 is 0 Å². The van der Waals surface area contributed by atoms with Gasteiger partial charge in [-0.3, -0.25) is 10.5 Å². The average Bonchev–Trinajstić information content (AvgIpc) is 3.06. The second-order valence-corrected chi connectivity index (χ2v) is 5.89. The second-order valence-electron chi connectivity index (χ2n) is 5.89. The number of rotatable bonds is 3. The van der Waals surface area contributed by atoms with Crippen LogP contribution in [0.15, 0.2) is 30.6 Å². The molecule has 1 fully saturated rings. The number of hydrogen-bond acceptors (Lipinski definition) is 4. The zero-order valence-corrected chi connectivity index (χ0v) is 11.5. The molecule has 0 amide bonds. The maximum Gasteiger partial charge on any atom is 0.145 e. The summed E-state index contributed by atoms with van der Waals surface area (Å²) < 4.78 is 1.82. The molecule has 1 aromatic heterocycles. The molecule has 5 heteroatoms. The van der Waals surface area contributed by atoms with Crippen LogP contribution in [0.5, 0.6) is 0 Å². The summed E-state index contributed by atoms with van der Waals surface area (Å²) in [5.41, 5.74) is 5.99. The number of hydrazine groups is 1. The Balaban J connectivity index is 1.67. The fourth-order valence-electron chi connectivity index (χ4n) is 4.02. The van der Waals surface area contributed by atoms with Gasteiger partial charge in [0.15, 0.2) is 0 Å². The second kappa shape index (κ2) is 4.40. The lowest BCUT2D eigenvalue weighted by Crippen LogP contribution is -2.32. The Hall–Kier alpha value is -1.72. The van der Waals surface area contributed by atoms with Gasteiger partial charge >= 0.3 is 0 Å². The quantitative estimate of drug-likeness (QED) is 0.651. The highest BCUT2D eigenvalue weighted by atomic mass is 15.4. The Bertz CT molecular complexity index is 635. The predicted molar refractivity (Wildman–Crippen MR) is 75.6 cm³/mol. The van der Waals surface area contributed by atoms with Gasteiger partial charge in [-0.25, -0.2) is 10.4 Å². The number of aryl methyl sites for hydroxylation is 2. The largest absolute Gasteiger partial charge is 0.271 e. The Labute approximate surface area is 118 Å². The van der Waals surface area contributed by atoms with Crippen LogP contribution in [0.2, 0.25) is 0 Å². The molecule has 4 unspecified atom stereocenters. The van der Waals surface area contributed by atoms with Gasteiger partial charge in [0.1, 0.15) is 12.2 Å². The molecule has 1 heterocycles. The van der Waals surface area contributed by atoms with Gasteiger partial charge in [0.25, 0.3) is 0 Å². The van der Waals surface area contributed by atoms with Crippen molar-refractivity contribution in [3.63, 3.8) is 0 Å². The maximum atomic E-state index is 5.82. The summed E-state index contributed by atoms with van der Waals surface area (Å²) in [5.74, 6) is 8.63. The van der Waals surface area contributed by atoms with Gasteiger partial charge in [-0.05, 0) is 41.7 Å². The van der Waals surface area contributed by atoms with Crippen molar-refractivity contribution < 1.29 is 0 Å². The molecule has 0 spiro atoms. The topological polar surface area (TPSA) is 68.8 Å². The molecule has 5 nitrogen and oxygen atoms in total. The summed E-state index contributed by atoms with van der Waals surface area (Å²) in [6, 6.07) is 8.90. The van der Waals surface area contributed by atoms with Crippen LogP contribution < -0.4 is 11.3 Å². The van der Waals surface area contributed by atoms with E-state index in [0.29, 0.717) is 11.8 Å². The van der Waals surface area contributed by atoms with Gasteiger partial charge in [-0.2, -0.15) is 5.10 Å². The van der Waals surface area contributed by atoms with Crippen molar-refractivity contribution in [3.8, 4) is 0 Å². The fourth-order valence-corrected chi connectivity index (χ4v) is 4.02. The van der Waals surface area contributed by atoms with Gasteiger partial charge in [-0.1, -0.05) is 24.3 Å². The molecule has 2 aliphatic carbocycles. The fraction of sp³-hybridized carbons (Fsp3) is 0.467. The number of nitrogens with two attached hydrogens (primary N) is 1. The van der Waals surface area contributed by atoms with E-state index in [1.165, 1.54) is 24.0 Å². The first-order chi connectivity index (χ1) is 9.81. The maximum absolute atomic E-state index is 5.82. The molecule has 4 rings (SSSR count). The highest BCUT2D eigenvalue weighted by Crippen LogP contribution is 2.63. The van der Waals surface area contributed by atoms with Gasteiger partial charge in [0, 0.05) is 7.05 Å². The third-order valence-corrected chi connectivity index (χ3v) is 4.98. The van der Waals surface area contributed by atoms with Crippen molar-refractivity contribution in [2.75, 3.05) is 0 Å². The highest BCUT2D eigenvalue weighted by molar-refractivity contribution is 5.40. The average molecular weight is 269 g/mol. The van der Waals surface area contributed by atoms with Crippen LogP contribution in [0.3, 0.4) is 0 Å². The Morgan fingerprint density at radius 3 is 3.00 bits per heavy atom. The van der Waals surface area contributed by atoms with E-state index in [4.69, 9.17) is 5.84 Å². The molecule has 2 aromatic rings. The van der Waals surface area contributed by atoms with Crippen LogP contribution in [0, 0.1) is 11.8 Å². The number of hydrogen-bond donors (Lipinski definition) is 2. The van der Waals surface area contributed by atoms with E-state index in [2.05, 4.69) is 39.8 Å². The third-order valence-electron chi connectivity index (χ3n) is 4.98. The van der Waals surface area contributed by atoms with E-state index in [9.17, 15) is 0 Å². The van der Waals surface area contributed by atoms with Crippen LogP contribution in [0.4, 0.5) is 0 Å². The molecule has 104 valence electrons. The molecule has 0 bridgehead atoms. The van der Waals surface area contributed by atoms with E-state index in [1.54, 1.807) is 6.33 Å². The van der Waals surface area contributed by atoms with E-state index < -0.39 is 0 Å². The van der Waals surface area contributed by atoms with Crippen molar-refractivity contribution in [1.82, 2.24) is 20.2 Å². The van der Waals surface area contributed by atoms with Gasteiger partial charge in [-0.15, -0.1) is 0 Å². The monoisotopic (exact) mass is 269 g/mol. The molecule has 0 saturated heterocycles. The van der Waals surface area contributed by atoms with Crippen molar-refractivity contribution in [3.05, 3.63) is 47.5 Å². The van der Waals surface area contributed by atoms with Gasteiger partial charge < -0.3 is 0 Å². The summed E-state index contributed by atoms with van der Waals surface area (Å²) in [6.45, 7) is 0. The first-order valence-corrected chi connectivity index (χ1v) is 7.19. The summed E-state index contributed by atoms with van der Waals surface area (Å²) in [4.78, 5) is 4.37. The first kappa shape index (κ1) is 12.1. The van der Waals surface area contributed by atoms with E-state index in [-0.39, 0.29) is 6.04 Å². The zero-order valence-electron chi connectivity index (χ0n) is 11.5. The molecule has 0 radical (unpaired) electrons. The minimum Gasteiger partial charge on any atom is -0.271 e. The minimum atomic E-state index is 0.0867. The van der Waals surface area contributed by atoms with Crippen LogP contribution in [-0.4, -0.2) is 14.8 Å². The minimum absolute atomic E-state index is 0.0867. The van der Waals surface area contributed by atoms with Gasteiger partial charge in [0.2, 0.25) is 0 Å². The number of fused-ring (bicyclic) bond motifs is 3. The molecule has 4 atom stereocenters. The summed E-state index contributed by atoms with van der Waals surface area (Å²) in [7, 11) is 1.92. The molecule has 2 aliphatic rings. The molecule has 1 aromatic carbocycles. The predicted octanol–water partition coefficient (Wildman–Crippen LogP) is 1.30. The van der Waals surface area contributed by atoms with Crippen molar-refractivity contribution >= 4 is 0 Å². The lowest BCUT2D eigenvalue weighted by molar-refractivity contribution is 0.423. The normalized spacial score (nSPS) is 28.6.